The number of aliphatic carboxylic acids is 1. The van der Waals surface area contributed by atoms with Gasteiger partial charge in [0.1, 0.15) is 5.82 Å². The van der Waals surface area contributed by atoms with E-state index in [2.05, 4.69) is 12.2 Å². The fraction of sp³-hybridized carbons (Fsp3) is 0.588. The molecule has 118 valence electrons. The summed E-state index contributed by atoms with van der Waals surface area (Å²) >= 11 is 0. The number of hydrogen-bond acceptors (Lipinski definition) is 2. The molecule has 2 N–H and O–H groups in total. The van der Waals surface area contributed by atoms with E-state index >= 15 is 0 Å². The van der Waals surface area contributed by atoms with Gasteiger partial charge in [-0.1, -0.05) is 26.0 Å². The molecule has 0 fully saturated rings. The van der Waals surface area contributed by atoms with Crippen molar-refractivity contribution >= 4 is 5.97 Å². The summed E-state index contributed by atoms with van der Waals surface area (Å²) in [7, 11) is 0. The highest BCUT2D eigenvalue weighted by atomic mass is 19.1. The van der Waals surface area contributed by atoms with Gasteiger partial charge < -0.3 is 10.4 Å². The van der Waals surface area contributed by atoms with Gasteiger partial charge in [-0.15, -0.1) is 0 Å². The molecule has 1 rings (SSSR count). The molecule has 0 spiro atoms. The first-order chi connectivity index (χ1) is 9.88. The number of carboxylic acids is 1. The van der Waals surface area contributed by atoms with Crippen LogP contribution in [0.4, 0.5) is 4.39 Å². The van der Waals surface area contributed by atoms with Crippen molar-refractivity contribution in [3.63, 3.8) is 0 Å². The summed E-state index contributed by atoms with van der Waals surface area (Å²) in [6.07, 6.45) is 2.45. The Kier molecular flexibility index (Phi) is 7.37. The van der Waals surface area contributed by atoms with Gasteiger partial charge >= 0.3 is 5.97 Å². The third-order valence-electron chi connectivity index (χ3n) is 3.60. The van der Waals surface area contributed by atoms with Crippen molar-refractivity contribution in [3.8, 4) is 0 Å². The molecule has 0 amide bonds. The number of nitrogens with one attached hydrogen (secondary N) is 1. The predicted molar refractivity (Wildman–Crippen MR) is 82.8 cm³/mol. The van der Waals surface area contributed by atoms with Crippen molar-refractivity contribution in [2.24, 2.45) is 11.8 Å². The van der Waals surface area contributed by atoms with E-state index in [-0.39, 0.29) is 17.8 Å². The van der Waals surface area contributed by atoms with E-state index in [1.165, 1.54) is 12.1 Å². The Bertz CT molecular complexity index is 431. The minimum Gasteiger partial charge on any atom is -0.481 e. The van der Waals surface area contributed by atoms with Crippen LogP contribution < -0.4 is 5.32 Å². The van der Waals surface area contributed by atoms with Crippen molar-refractivity contribution in [1.82, 2.24) is 5.32 Å². The minimum absolute atomic E-state index is 0.220. The fourth-order valence-corrected chi connectivity index (χ4v) is 2.32. The van der Waals surface area contributed by atoms with Crippen molar-refractivity contribution in [1.29, 1.82) is 0 Å². The first-order valence-corrected chi connectivity index (χ1v) is 7.59. The summed E-state index contributed by atoms with van der Waals surface area (Å²) in [4.78, 5) is 11.2. The van der Waals surface area contributed by atoms with Crippen LogP contribution in [0.5, 0.6) is 0 Å². The second-order valence-electron chi connectivity index (χ2n) is 6.14. The van der Waals surface area contributed by atoms with Gasteiger partial charge in [-0.05, 0) is 49.8 Å². The van der Waals surface area contributed by atoms with Crippen LogP contribution >= 0.6 is 0 Å². The van der Waals surface area contributed by atoms with E-state index in [1.54, 1.807) is 12.1 Å². The van der Waals surface area contributed by atoms with Crippen molar-refractivity contribution < 1.29 is 14.3 Å². The fourth-order valence-electron chi connectivity index (χ4n) is 2.32. The van der Waals surface area contributed by atoms with E-state index in [1.807, 2.05) is 13.8 Å². The highest BCUT2D eigenvalue weighted by molar-refractivity contribution is 5.70. The number of hydrogen-bond donors (Lipinski definition) is 2. The zero-order valence-corrected chi connectivity index (χ0v) is 13.1. The van der Waals surface area contributed by atoms with E-state index in [4.69, 9.17) is 0 Å². The Hall–Kier alpha value is -1.42. The number of carbonyl (C=O) groups is 1. The molecule has 1 aromatic carbocycles. The molecule has 2 unspecified atom stereocenters. The maximum atomic E-state index is 12.8. The number of aryl methyl sites for hydroxylation is 1. The predicted octanol–water partition coefficient (Wildman–Crippen LogP) is 3.48. The van der Waals surface area contributed by atoms with Crippen LogP contribution in [0.3, 0.4) is 0 Å². The van der Waals surface area contributed by atoms with Crippen LogP contribution in [0.2, 0.25) is 0 Å². The van der Waals surface area contributed by atoms with Crippen LogP contribution in [0, 0.1) is 17.7 Å². The average Bonchev–Trinajstić information content (AvgIpc) is 2.42. The first kappa shape index (κ1) is 17.6. The number of rotatable bonds is 9. The van der Waals surface area contributed by atoms with Crippen LogP contribution in [0.1, 0.15) is 39.2 Å². The molecule has 4 heteroatoms. The molecule has 2 atom stereocenters. The minimum atomic E-state index is -0.734. The van der Waals surface area contributed by atoms with Crippen LogP contribution in [0.15, 0.2) is 24.3 Å². The van der Waals surface area contributed by atoms with E-state index in [0.29, 0.717) is 18.9 Å². The summed E-state index contributed by atoms with van der Waals surface area (Å²) in [5.74, 6) is -0.912. The van der Waals surface area contributed by atoms with Gasteiger partial charge in [-0.2, -0.15) is 0 Å². The molecular formula is C17H26FNO2. The quantitative estimate of drug-likeness (QED) is 0.733. The lowest BCUT2D eigenvalue weighted by molar-refractivity contribution is -0.142. The maximum absolute atomic E-state index is 12.8. The average molecular weight is 295 g/mol. The molecule has 0 aliphatic carbocycles. The molecule has 0 saturated heterocycles. The molecule has 1 aromatic rings. The van der Waals surface area contributed by atoms with Crippen LogP contribution in [0.25, 0.3) is 0 Å². The van der Waals surface area contributed by atoms with E-state index < -0.39 is 5.97 Å². The summed E-state index contributed by atoms with van der Waals surface area (Å²) in [5, 5.41) is 12.5. The molecule has 0 aromatic heterocycles. The SMILES string of the molecule is CC(C)CC(CNC(C)CCc1ccc(F)cc1)C(=O)O. The normalized spacial score (nSPS) is 14.1. The van der Waals surface area contributed by atoms with Crippen molar-refractivity contribution in [2.45, 2.75) is 46.1 Å². The van der Waals surface area contributed by atoms with Gasteiger partial charge in [0.05, 0.1) is 5.92 Å². The highest BCUT2D eigenvalue weighted by Gasteiger charge is 2.19. The van der Waals surface area contributed by atoms with Gasteiger partial charge in [0.2, 0.25) is 0 Å². The number of halogens is 1. The van der Waals surface area contributed by atoms with Crippen LogP contribution in [-0.2, 0) is 11.2 Å². The van der Waals surface area contributed by atoms with Gasteiger partial charge in [-0.3, -0.25) is 4.79 Å². The lowest BCUT2D eigenvalue weighted by Gasteiger charge is -2.19. The molecule has 0 radical (unpaired) electrons. The Morgan fingerprint density at radius 3 is 2.38 bits per heavy atom. The summed E-state index contributed by atoms with van der Waals surface area (Å²) < 4.78 is 12.8. The molecule has 0 saturated carbocycles. The highest BCUT2D eigenvalue weighted by Crippen LogP contribution is 2.12. The molecule has 0 aliphatic rings. The number of benzene rings is 1. The molecular weight excluding hydrogens is 269 g/mol. The van der Waals surface area contributed by atoms with E-state index in [0.717, 1.165) is 18.4 Å². The van der Waals surface area contributed by atoms with Gasteiger partial charge in [0.15, 0.2) is 0 Å². The smallest absolute Gasteiger partial charge is 0.307 e. The van der Waals surface area contributed by atoms with Gasteiger partial charge in [-0.25, -0.2) is 4.39 Å². The Morgan fingerprint density at radius 1 is 1.24 bits per heavy atom. The molecule has 21 heavy (non-hydrogen) atoms. The molecule has 0 bridgehead atoms. The topological polar surface area (TPSA) is 49.3 Å². The monoisotopic (exact) mass is 295 g/mol. The largest absolute Gasteiger partial charge is 0.481 e. The third-order valence-corrected chi connectivity index (χ3v) is 3.60. The maximum Gasteiger partial charge on any atom is 0.307 e. The molecule has 3 nitrogen and oxygen atoms in total. The van der Waals surface area contributed by atoms with E-state index in [9.17, 15) is 14.3 Å². The second kappa shape index (κ2) is 8.78. The lowest BCUT2D eigenvalue weighted by Crippen LogP contribution is -2.35. The third kappa shape index (κ3) is 7.23. The Morgan fingerprint density at radius 2 is 1.86 bits per heavy atom. The summed E-state index contributed by atoms with van der Waals surface area (Å²) in [5.41, 5.74) is 1.10. The van der Waals surface area contributed by atoms with Crippen molar-refractivity contribution in [3.05, 3.63) is 35.6 Å². The summed E-state index contributed by atoms with van der Waals surface area (Å²) in [6, 6.07) is 6.76. The molecule has 0 heterocycles. The summed E-state index contributed by atoms with van der Waals surface area (Å²) in [6.45, 7) is 6.62. The first-order valence-electron chi connectivity index (χ1n) is 7.59. The van der Waals surface area contributed by atoms with Gasteiger partial charge in [0, 0.05) is 12.6 Å². The zero-order valence-electron chi connectivity index (χ0n) is 13.1. The number of carboxylic acid groups (broad SMARTS) is 1. The van der Waals surface area contributed by atoms with Crippen LogP contribution in [-0.4, -0.2) is 23.7 Å². The Balaban J connectivity index is 2.33. The zero-order chi connectivity index (χ0) is 15.8. The standard InChI is InChI=1S/C17H26FNO2/c1-12(2)10-15(17(20)21)11-19-13(3)4-5-14-6-8-16(18)9-7-14/h6-9,12-13,15,19H,4-5,10-11H2,1-3H3,(H,20,21). The molecule has 0 aliphatic heterocycles. The van der Waals surface area contributed by atoms with Crippen molar-refractivity contribution in [2.75, 3.05) is 6.54 Å². The second-order valence-corrected chi connectivity index (χ2v) is 6.14. The van der Waals surface area contributed by atoms with Gasteiger partial charge in [0.25, 0.3) is 0 Å². The lowest BCUT2D eigenvalue weighted by atomic mass is 9.96. The Labute approximate surface area is 126 Å².